The van der Waals surface area contributed by atoms with Gasteiger partial charge in [-0.05, 0) is 42.5 Å². The fraction of sp³-hybridized carbons (Fsp3) is 0.0526. The van der Waals surface area contributed by atoms with Crippen LogP contribution in [0.5, 0.6) is 5.75 Å². The third-order valence-electron chi connectivity index (χ3n) is 3.67. The van der Waals surface area contributed by atoms with Crippen molar-refractivity contribution in [1.82, 2.24) is 9.97 Å². The number of hydrogen-bond acceptors (Lipinski definition) is 5. The number of anilines is 1. The van der Waals surface area contributed by atoms with Gasteiger partial charge in [0, 0.05) is 5.56 Å². The molecule has 0 aliphatic heterocycles. The minimum atomic E-state index is -0.642. The lowest BCUT2D eigenvalue weighted by atomic mass is 10.1. The number of nitrogens with zero attached hydrogens (tertiary/aromatic N) is 2. The van der Waals surface area contributed by atoms with E-state index >= 15 is 0 Å². The molecule has 3 rings (SSSR count). The van der Waals surface area contributed by atoms with E-state index in [2.05, 4.69) is 15.3 Å². The maximum Gasteiger partial charge on any atom is 0.346 e. The highest BCUT2D eigenvalue weighted by Crippen LogP contribution is 2.20. The second-order valence-corrected chi connectivity index (χ2v) is 5.33. The smallest absolute Gasteiger partial charge is 0.346 e. The summed E-state index contributed by atoms with van der Waals surface area (Å²) in [6.07, 6.45) is 0. The van der Waals surface area contributed by atoms with Crippen LogP contribution < -0.4 is 15.7 Å². The summed E-state index contributed by atoms with van der Waals surface area (Å²) in [5, 5.41) is 11.7. The van der Waals surface area contributed by atoms with Crippen LogP contribution in [0.4, 0.5) is 5.69 Å². The molecule has 1 heterocycles. The van der Waals surface area contributed by atoms with Crippen LogP contribution in [0.3, 0.4) is 0 Å². The largest absolute Gasteiger partial charge is 0.497 e. The highest BCUT2D eigenvalue weighted by Gasteiger charge is 2.12. The predicted molar refractivity (Wildman–Crippen MR) is 96.0 cm³/mol. The van der Waals surface area contributed by atoms with Crippen molar-refractivity contribution in [2.24, 2.45) is 0 Å². The van der Waals surface area contributed by atoms with Gasteiger partial charge in [0.05, 0.1) is 24.1 Å². The molecule has 0 aliphatic carbocycles. The molecule has 0 unspecified atom stereocenters. The minimum absolute atomic E-state index is 0.0450. The highest BCUT2D eigenvalue weighted by molar-refractivity contribution is 6.04. The number of H-pyrrole nitrogens is 1. The van der Waals surface area contributed by atoms with E-state index in [1.165, 1.54) is 6.07 Å². The van der Waals surface area contributed by atoms with Crippen LogP contribution in [-0.2, 0) is 0 Å². The number of ether oxygens (including phenoxy) is 1. The van der Waals surface area contributed by atoms with Crippen LogP contribution in [0.2, 0.25) is 0 Å². The number of aromatic amines is 1. The molecule has 7 nitrogen and oxygen atoms in total. The van der Waals surface area contributed by atoms with Gasteiger partial charge in [-0.2, -0.15) is 10.2 Å². The maximum absolute atomic E-state index is 12.5. The number of amides is 1. The van der Waals surface area contributed by atoms with E-state index in [0.29, 0.717) is 28.3 Å². The number of carbonyl (C=O) groups is 1. The van der Waals surface area contributed by atoms with Gasteiger partial charge in [-0.3, -0.25) is 4.79 Å². The van der Waals surface area contributed by atoms with Gasteiger partial charge in [-0.25, -0.2) is 4.79 Å². The number of aromatic nitrogens is 2. The van der Waals surface area contributed by atoms with Crippen LogP contribution in [0.1, 0.15) is 16.1 Å². The van der Waals surface area contributed by atoms with Gasteiger partial charge < -0.3 is 15.0 Å². The van der Waals surface area contributed by atoms with Crippen LogP contribution in [-0.4, -0.2) is 23.0 Å². The molecule has 0 spiro atoms. The van der Waals surface area contributed by atoms with Crippen molar-refractivity contribution >= 4 is 11.6 Å². The average Bonchev–Trinajstić information content (AvgIpc) is 2.68. The molecule has 0 atom stereocenters. The first kappa shape index (κ1) is 16.9. The number of methoxy groups -OCH3 is 1. The van der Waals surface area contributed by atoms with Crippen molar-refractivity contribution < 1.29 is 9.53 Å². The van der Waals surface area contributed by atoms with Crippen molar-refractivity contribution in [1.29, 1.82) is 5.26 Å². The number of carbonyl (C=O) groups excluding carboxylic acids is 1. The van der Waals surface area contributed by atoms with E-state index in [1.54, 1.807) is 55.6 Å². The fourth-order valence-electron chi connectivity index (χ4n) is 2.37. The molecular formula is C19H14N4O3. The third kappa shape index (κ3) is 3.60. The Morgan fingerprint density at radius 1 is 1.19 bits per heavy atom. The first-order valence-electron chi connectivity index (χ1n) is 7.67. The van der Waals surface area contributed by atoms with E-state index in [0.717, 1.165) is 0 Å². The molecule has 7 heteroatoms. The number of para-hydroxylation sites is 1. The molecular weight excluding hydrogens is 332 g/mol. The van der Waals surface area contributed by atoms with E-state index in [9.17, 15) is 9.59 Å². The molecule has 2 aromatic carbocycles. The molecule has 26 heavy (non-hydrogen) atoms. The lowest BCUT2D eigenvalue weighted by Gasteiger charge is -2.08. The summed E-state index contributed by atoms with van der Waals surface area (Å²) >= 11 is 0. The first-order valence-corrected chi connectivity index (χ1v) is 7.67. The monoisotopic (exact) mass is 346 g/mol. The second kappa shape index (κ2) is 7.32. The summed E-state index contributed by atoms with van der Waals surface area (Å²) in [6.45, 7) is 0. The molecule has 3 aromatic rings. The Morgan fingerprint density at radius 3 is 2.62 bits per heavy atom. The van der Waals surface area contributed by atoms with Crippen LogP contribution in [0, 0.1) is 11.3 Å². The van der Waals surface area contributed by atoms with Gasteiger partial charge in [0.15, 0.2) is 0 Å². The quantitative estimate of drug-likeness (QED) is 0.755. The molecule has 0 saturated carbocycles. The Balaban J connectivity index is 1.93. The van der Waals surface area contributed by atoms with Crippen molar-refractivity contribution in [2.75, 3.05) is 12.4 Å². The molecule has 0 fully saturated rings. The summed E-state index contributed by atoms with van der Waals surface area (Å²) in [7, 11) is 1.56. The molecule has 0 saturated heterocycles. The second-order valence-electron chi connectivity index (χ2n) is 5.33. The summed E-state index contributed by atoms with van der Waals surface area (Å²) in [5.74, 6) is 0.131. The van der Waals surface area contributed by atoms with Gasteiger partial charge in [0.25, 0.3) is 5.91 Å². The molecule has 0 radical (unpaired) electrons. The standard InChI is InChI=1S/C19H14N4O3/c1-26-14-8-6-12(7-9-14)16-10-17(23-19(25)22-16)18(24)21-15-5-3-2-4-13(15)11-20/h2-10H,1H3,(H,21,24)(H,22,23,25). The van der Waals surface area contributed by atoms with Gasteiger partial charge in [0.2, 0.25) is 0 Å². The molecule has 1 aromatic heterocycles. The zero-order chi connectivity index (χ0) is 18.5. The Hall–Kier alpha value is -3.92. The Bertz CT molecular complexity index is 1050. The topological polar surface area (TPSA) is 108 Å². The summed E-state index contributed by atoms with van der Waals surface area (Å²) in [5.41, 5.74) is 1.12. The minimum Gasteiger partial charge on any atom is -0.497 e. The number of benzene rings is 2. The van der Waals surface area contributed by atoms with Gasteiger partial charge in [0.1, 0.15) is 17.5 Å². The Labute approximate surface area is 148 Å². The zero-order valence-electron chi connectivity index (χ0n) is 13.8. The average molecular weight is 346 g/mol. The number of rotatable bonds is 4. The normalized spacial score (nSPS) is 10.0. The van der Waals surface area contributed by atoms with Crippen molar-refractivity contribution in [3.63, 3.8) is 0 Å². The summed E-state index contributed by atoms with van der Waals surface area (Å²) in [6, 6.07) is 17.0. The van der Waals surface area contributed by atoms with Gasteiger partial charge in [-0.1, -0.05) is 12.1 Å². The number of nitriles is 1. The molecule has 0 aliphatic rings. The van der Waals surface area contributed by atoms with Crippen LogP contribution in [0.15, 0.2) is 59.4 Å². The first-order chi connectivity index (χ1) is 12.6. The molecule has 2 N–H and O–H groups in total. The molecule has 128 valence electrons. The van der Waals surface area contributed by atoms with E-state index < -0.39 is 11.6 Å². The van der Waals surface area contributed by atoms with Crippen molar-refractivity contribution in [3.05, 3.63) is 76.3 Å². The van der Waals surface area contributed by atoms with Crippen LogP contribution >= 0.6 is 0 Å². The number of hydrogen-bond donors (Lipinski definition) is 2. The third-order valence-corrected chi connectivity index (χ3v) is 3.67. The maximum atomic E-state index is 12.5. The lowest BCUT2D eigenvalue weighted by Crippen LogP contribution is -2.21. The van der Waals surface area contributed by atoms with E-state index in [1.807, 2.05) is 6.07 Å². The molecule has 1 amide bonds. The van der Waals surface area contributed by atoms with Gasteiger partial charge in [-0.15, -0.1) is 0 Å². The van der Waals surface area contributed by atoms with E-state index in [-0.39, 0.29) is 5.69 Å². The zero-order valence-corrected chi connectivity index (χ0v) is 13.8. The lowest BCUT2D eigenvalue weighted by molar-refractivity contribution is 0.102. The summed E-state index contributed by atoms with van der Waals surface area (Å²) in [4.78, 5) is 30.7. The Morgan fingerprint density at radius 2 is 1.92 bits per heavy atom. The Kier molecular flexibility index (Phi) is 4.76. The predicted octanol–water partition coefficient (Wildman–Crippen LogP) is 2.57. The van der Waals surface area contributed by atoms with Gasteiger partial charge >= 0.3 is 5.69 Å². The van der Waals surface area contributed by atoms with E-state index in [4.69, 9.17) is 10.00 Å². The van der Waals surface area contributed by atoms with Crippen molar-refractivity contribution in [2.45, 2.75) is 0 Å². The SMILES string of the molecule is COc1ccc(-c2cc(C(=O)Nc3ccccc3C#N)[nH]c(=O)n2)cc1. The summed E-state index contributed by atoms with van der Waals surface area (Å²) < 4.78 is 5.10. The van der Waals surface area contributed by atoms with Crippen LogP contribution in [0.25, 0.3) is 11.3 Å². The molecule has 0 bridgehead atoms. The fourth-order valence-corrected chi connectivity index (χ4v) is 2.37. The van der Waals surface area contributed by atoms with Crippen molar-refractivity contribution in [3.8, 4) is 23.1 Å². The number of nitrogens with one attached hydrogen (secondary N) is 2. The highest BCUT2D eigenvalue weighted by atomic mass is 16.5.